The molecule has 7 nitrogen and oxygen atoms in total. The molecule has 8 heteroatoms. The van der Waals surface area contributed by atoms with Gasteiger partial charge < -0.3 is 4.84 Å². The van der Waals surface area contributed by atoms with Crippen LogP contribution in [0.5, 0.6) is 0 Å². The Hall–Kier alpha value is -4.36. The van der Waals surface area contributed by atoms with E-state index in [0.717, 1.165) is 22.3 Å². The molecule has 0 saturated carbocycles. The van der Waals surface area contributed by atoms with E-state index in [2.05, 4.69) is 10.1 Å². The predicted molar refractivity (Wildman–Crippen MR) is 146 cm³/mol. The summed E-state index contributed by atoms with van der Waals surface area (Å²) in [5.74, 6) is -1.06. The monoisotopic (exact) mass is 525 g/mol. The Morgan fingerprint density at radius 3 is 2.58 bits per heavy atom. The summed E-state index contributed by atoms with van der Waals surface area (Å²) in [6, 6.07) is 24.2. The summed E-state index contributed by atoms with van der Waals surface area (Å²) in [5, 5.41) is 4.40. The summed E-state index contributed by atoms with van der Waals surface area (Å²) >= 11 is 5.95. The molecule has 190 valence electrons. The van der Waals surface area contributed by atoms with E-state index in [1.54, 1.807) is 41.7 Å². The van der Waals surface area contributed by atoms with Gasteiger partial charge in [0.05, 0.1) is 12.4 Å². The smallest absolute Gasteiger partial charge is 0.333 e. The number of anilines is 1. The van der Waals surface area contributed by atoms with E-state index in [9.17, 15) is 9.59 Å². The standard InChI is InChI=1S/C30H26ClN4O3/c1-20(2)38-33-18-21-7-5-8-23(15-21)24-9-6-10-25(16-24)28-29(36)34-14-4-3-11-27(34)35(30(28)37)19-22-12-13-26(31)32-17-22/h3-18,20,28H,19H2,1-2H3/q+1/b33-18+. The molecule has 4 aromatic rings. The second kappa shape index (κ2) is 10.9. The topological polar surface area (TPSA) is 75.7 Å². The van der Waals surface area contributed by atoms with Crippen molar-refractivity contribution in [3.63, 3.8) is 0 Å². The Morgan fingerprint density at radius 1 is 1.03 bits per heavy atom. The number of aromatic nitrogens is 2. The second-order valence-electron chi connectivity index (χ2n) is 9.25. The Labute approximate surface area is 226 Å². The number of nitrogens with zero attached hydrogens (tertiary/aromatic N) is 4. The molecule has 0 aliphatic carbocycles. The molecule has 0 bridgehead atoms. The fourth-order valence-corrected chi connectivity index (χ4v) is 4.50. The number of hydrogen-bond acceptors (Lipinski definition) is 5. The van der Waals surface area contributed by atoms with Gasteiger partial charge in [-0.05, 0) is 60.4 Å². The maximum atomic E-state index is 13.9. The fraction of sp³-hybridized carbons (Fsp3) is 0.167. The van der Waals surface area contributed by atoms with Crippen LogP contribution >= 0.6 is 11.6 Å². The van der Waals surface area contributed by atoms with E-state index in [0.29, 0.717) is 16.5 Å². The summed E-state index contributed by atoms with van der Waals surface area (Å²) in [5.41, 5.74) is 4.14. The van der Waals surface area contributed by atoms with E-state index < -0.39 is 5.92 Å². The van der Waals surface area contributed by atoms with Crippen LogP contribution in [-0.2, 0) is 16.2 Å². The zero-order chi connectivity index (χ0) is 26.6. The number of carbonyl (C=O) groups excluding carboxylic acids is 2. The molecule has 0 radical (unpaired) electrons. The van der Waals surface area contributed by atoms with Crippen molar-refractivity contribution >= 4 is 35.4 Å². The third-order valence-corrected chi connectivity index (χ3v) is 6.38. The lowest BCUT2D eigenvalue weighted by Crippen LogP contribution is -2.59. The van der Waals surface area contributed by atoms with E-state index in [1.165, 1.54) is 4.57 Å². The molecule has 1 amide bonds. The number of pyridine rings is 2. The third kappa shape index (κ3) is 5.33. The summed E-state index contributed by atoms with van der Waals surface area (Å²) in [6.07, 6.45) is 4.99. The van der Waals surface area contributed by atoms with Crippen LogP contribution in [0.15, 0.2) is 96.4 Å². The largest absolute Gasteiger partial charge is 0.393 e. The van der Waals surface area contributed by atoms with Gasteiger partial charge in [-0.3, -0.25) is 0 Å². The molecular weight excluding hydrogens is 500 g/mol. The maximum absolute atomic E-state index is 13.9. The van der Waals surface area contributed by atoms with Crippen LogP contribution in [0.1, 0.15) is 41.3 Å². The number of oxime groups is 1. The van der Waals surface area contributed by atoms with Gasteiger partial charge in [-0.1, -0.05) is 65.3 Å². The molecule has 0 fully saturated rings. The Morgan fingerprint density at radius 2 is 1.82 bits per heavy atom. The molecule has 2 aromatic heterocycles. The molecule has 0 spiro atoms. The first-order valence-electron chi connectivity index (χ1n) is 12.3. The average molecular weight is 526 g/mol. The Bertz CT molecular complexity index is 1520. The van der Waals surface area contributed by atoms with Gasteiger partial charge in [-0.2, -0.15) is 9.47 Å². The highest BCUT2D eigenvalue weighted by atomic mass is 35.5. The molecule has 1 aliphatic heterocycles. The van der Waals surface area contributed by atoms with Crippen LogP contribution in [0, 0.1) is 0 Å². The molecule has 1 aliphatic rings. The number of rotatable bonds is 7. The van der Waals surface area contributed by atoms with Crippen molar-refractivity contribution in [2.24, 2.45) is 5.16 Å². The molecule has 0 N–H and O–H groups in total. The molecule has 0 saturated heterocycles. The van der Waals surface area contributed by atoms with Gasteiger partial charge in [0.1, 0.15) is 17.8 Å². The van der Waals surface area contributed by atoms with Crippen LogP contribution in [0.25, 0.3) is 11.1 Å². The van der Waals surface area contributed by atoms with E-state index in [-0.39, 0.29) is 24.5 Å². The van der Waals surface area contributed by atoms with Crippen LogP contribution in [0.3, 0.4) is 0 Å². The van der Waals surface area contributed by atoms with Crippen LogP contribution in [0.2, 0.25) is 5.15 Å². The molecule has 38 heavy (non-hydrogen) atoms. The summed E-state index contributed by atoms with van der Waals surface area (Å²) < 4.78 is 1.54. The normalized spacial score (nSPS) is 15.3. The minimum absolute atomic E-state index is 0.00444. The first-order chi connectivity index (χ1) is 18.4. The number of carbonyl (C=O) groups is 2. The average Bonchev–Trinajstić information content (AvgIpc) is 2.92. The lowest BCUT2D eigenvalue weighted by Gasteiger charge is -2.26. The number of halogens is 1. The van der Waals surface area contributed by atoms with Crippen molar-refractivity contribution in [1.29, 1.82) is 0 Å². The molecule has 1 unspecified atom stereocenters. The van der Waals surface area contributed by atoms with E-state index in [4.69, 9.17) is 16.4 Å². The van der Waals surface area contributed by atoms with Gasteiger partial charge in [0, 0.05) is 17.8 Å². The highest BCUT2D eigenvalue weighted by molar-refractivity contribution is 6.29. The van der Waals surface area contributed by atoms with Crippen molar-refractivity contribution < 1.29 is 19.0 Å². The lowest BCUT2D eigenvalue weighted by atomic mass is 9.91. The van der Waals surface area contributed by atoms with Crippen LogP contribution < -0.4 is 9.47 Å². The highest BCUT2D eigenvalue weighted by Crippen LogP contribution is 2.31. The van der Waals surface area contributed by atoms with Gasteiger partial charge in [-0.15, -0.1) is 0 Å². The fourth-order valence-electron chi connectivity index (χ4n) is 4.39. The lowest BCUT2D eigenvalue weighted by molar-refractivity contribution is -0.563. The number of benzene rings is 2. The third-order valence-electron chi connectivity index (χ3n) is 6.15. The Balaban J connectivity index is 1.49. The molecule has 3 heterocycles. The summed E-state index contributed by atoms with van der Waals surface area (Å²) in [4.78, 5) is 38.5. The predicted octanol–water partition coefficient (Wildman–Crippen LogP) is 5.42. The maximum Gasteiger partial charge on any atom is 0.333 e. The molecular formula is C30H26ClN4O3+. The first-order valence-corrected chi connectivity index (χ1v) is 12.6. The first kappa shape index (κ1) is 25.3. The van der Waals surface area contributed by atoms with Gasteiger partial charge in [0.25, 0.3) is 5.82 Å². The van der Waals surface area contributed by atoms with Crippen LogP contribution in [-0.4, -0.2) is 29.1 Å². The minimum Gasteiger partial charge on any atom is -0.393 e. The van der Waals surface area contributed by atoms with Crippen molar-refractivity contribution in [1.82, 2.24) is 4.98 Å². The summed E-state index contributed by atoms with van der Waals surface area (Å²) in [6.45, 7) is 4.09. The van der Waals surface area contributed by atoms with Gasteiger partial charge >= 0.3 is 11.8 Å². The van der Waals surface area contributed by atoms with Crippen molar-refractivity contribution in [2.45, 2.75) is 32.4 Å². The van der Waals surface area contributed by atoms with Gasteiger partial charge in [0.2, 0.25) is 0 Å². The Kier molecular flexibility index (Phi) is 7.29. The van der Waals surface area contributed by atoms with Gasteiger partial charge in [0.15, 0.2) is 5.92 Å². The number of hydrogen-bond donors (Lipinski definition) is 0. The quantitative estimate of drug-likeness (QED) is 0.106. The zero-order valence-corrected chi connectivity index (χ0v) is 21.7. The van der Waals surface area contributed by atoms with E-state index in [1.807, 2.05) is 74.5 Å². The summed E-state index contributed by atoms with van der Waals surface area (Å²) in [7, 11) is 0. The zero-order valence-electron chi connectivity index (χ0n) is 21.0. The van der Waals surface area contributed by atoms with E-state index >= 15 is 0 Å². The number of amides is 1. The number of fused-ring (bicyclic) bond motifs is 1. The second-order valence-corrected chi connectivity index (χ2v) is 9.64. The van der Waals surface area contributed by atoms with Crippen molar-refractivity contribution in [3.8, 4) is 11.1 Å². The van der Waals surface area contributed by atoms with Crippen molar-refractivity contribution in [3.05, 3.63) is 113 Å². The molecule has 1 atom stereocenters. The van der Waals surface area contributed by atoms with Crippen LogP contribution in [0.4, 0.5) is 5.82 Å². The molecule has 2 aromatic carbocycles. The highest BCUT2D eigenvalue weighted by Gasteiger charge is 2.47. The van der Waals surface area contributed by atoms with Crippen molar-refractivity contribution in [2.75, 3.05) is 4.90 Å². The SMILES string of the molecule is CC(C)O/N=C/c1cccc(-c2cccc(C3C(=O)N(Cc4ccc(Cl)nc4)c4cccc[n+]4C3=O)c2)c1. The molecule has 5 rings (SSSR count). The van der Waals surface area contributed by atoms with Gasteiger partial charge in [-0.25, -0.2) is 14.6 Å². The minimum atomic E-state index is -0.987.